The van der Waals surface area contributed by atoms with Gasteiger partial charge >= 0.3 is 15.6 Å². The number of rotatable bonds is 10. The highest BCUT2D eigenvalue weighted by Crippen LogP contribution is 2.60. The molecule has 0 aliphatic carbocycles. The molecular weight excluding hydrogens is 460 g/mol. The number of amides is 1. The van der Waals surface area contributed by atoms with Crippen molar-refractivity contribution in [3.05, 3.63) is 12.2 Å². The first-order valence-electron chi connectivity index (χ1n) is 9.14. The van der Waals surface area contributed by atoms with Gasteiger partial charge in [0.05, 0.1) is 33.7 Å². The monoisotopic (exact) mass is 488 g/mol. The van der Waals surface area contributed by atoms with Gasteiger partial charge in [0, 0.05) is 0 Å². The number of quaternary nitrogens is 1. The van der Waals surface area contributed by atoms with Gasteiger partial charge in [0.2, 0.25) is 0 Å². The molecule has 2 aliphatic heterocycles. The molecule has 0 radical (unpaired) electrons. The minimum Gasteiger partial charge on any atom is -0.388 e. The molecule has 1 fully saturated rings. The number of carbonyl (C=O) groups is 1. The maximum atomic E-state index is 12.0. The van der Waals surface area contributed by atoms with Crippen LogP contribution in [-0.4, -0.2) is 102 Å². The smallest absolute Gasteiger partial charge is 0.388 e. The maximum Gasteiger partial charge on any atom is 0.481 e. The van der Waals surface area contributed by atoms with E-state index in [0.717, 1.165) is 0 Å². The lowest BCUT2D eigenvalue weighted by molar-refractivity contribution is -0.870. The molecule has 31 heavy (non-hydrogen) atoms. The number of carbonyl (C=O) groups excluding carboxylic acids is 1. The number of hydrogen-bond donors (Lipinski definition) is 5. The normalized spacial score (nSPS) is 33.1. The van der Waals surface area contributed by atoms with Gasteiger partial charge in [-0.2, -0.15) is 9.30 Å². The van der Waals surface area contributed by atoms with E-state index >= 15 is 0 Å². The van der Waals surface area contributed by atoms with E-state index in [1.54, 1.807) is 21.1 Å². The fourth-order valence-electron chi connectivity index (χ4n) is 2.76. The summed E-state index contributed by atoms with van der Waals surface area (Å²) in [5.41, 5.74) is 5.42. The summed E-state index contributed by atoms with van der Waals surface area (Å²) in [6.45, 7) is -0.709. The zero-order valence-electron chi connectivity index (χ0n) is 17.2. The van der Waals surface area contributed by atoms with Crippen molar-refractivity contribution < 1.29 is 56.5 Å². The highest BCUT2D eigenvalue weighted by Gasteiger charge is 2.49. The molecule has 1 amide bonds. The number of amidine groups is 1. The number of nitrogens with two attached hydrogens (primary N) is 1. The maximum absolute atomic E-state index is 12.0. The predicted octanol–water partition coefficient (Wildman–Crippen LogP) is -1.50. The molecule has 3 unspecified atom stereocenters. The Morgan fingerprint density at radius 1 is 1.16 bits per heavy atom. The van der Waals surface area contributed by atoms with E-state index in [-0.39, 0.29) is 12.4 Å². The van der Waals surface area contributed by atoms with Crippen molar-refractivity contribution in [2.45, 2.75) is 24.4 Å². The number of aliphatic hydroxyl groups is 2. The third kappa shape index (κ3) is 7.81. The molecule has 0 aromatic carbocycles. The van der Waals surface area contributed by atoms with E-state index in [0.29, 0.717) is 11.0 Å². The minimum absolute atomic E-state index is 0.0235. The first-order valence-corrected chi connectivity index (χ1v) is 12.1. The molecule has 2 heterocycles. The average Bonchev–Trinajstić information content (AvgIpc) is 2.86. The Kier molecular flexibility index (Phi) is 8.34. The van der Waals surface area contributed by atoms with Crippen LogP contribution in [0.25, 0.3) is 0 Å². The van der Waals surface area contributed by atoms with Crippen molar-refractivity contribution in [3.63, 3.8) is 0 Å². The van der Waals surface area contributed by atoms with E-state index in [2.05, 4.69) is 18.4 Å². The average molecular weight is 488 g/mol. The van der Waals surface area contributed by atoms with Crippen molar-refractivity contribution in [2.75, 3.05) is 40.9 Å². The van der Waals surface area contributed by atoms with E-state index in [1.165, 1.54) is 12.2 Å². The molecule has 7 atom stereocenters. The van der Waals surface area contributed by atoms with Gasteiger partial charge < -0.3 is 35.0 Å². The number of dihydropyridines is 1. The Labute approximate surface area is 178 Å². The van der Waals surface area contributed by atoms with Crippen LogP contribution in [0.15, 0.2) is 17.1 Å². The number of phosphoric acid groups is 2. The van der Waals surface area contributed by atoms with Gasteiger partial charge in [0.15, 0.2) is 0 Å². The Hall–Kier alpha value is -1.02. The summed E-state index contributed by atoms with van der Waals surface area (Å²) in [4.78, 5) is 34.8. The van der Waals surface area contributed by atoms with Crippen LogP contribution in [0, 0.1) is 5.92 Å². The summed E-state index contributed by atoms with van der Waals surface area (Å²) in [6, 6.07) is 0. The molecule has 0 spiro atoms. The highest BCUT2D eigenvalue weighted by atomic mass is 31.3. The zero-order valence-corrected chi connectivity index (χ0v) is 19.0. The number of phosphoric ester groups is 2. The van der Waals surface area contributed by atoms with Gasteiger partial charge in [0.1, 0.15) is 43.4 Å². The Morgan fingerprint density at radius 3 is 2.35 bits per heavy atom. The Balaban J connectivity index is 1.91. The molecule has 0 saturated carbocycles. The topological polar surface area (TPSA) is 207 Å². The van der Waals surface area contributed by atoms with Crippen LogP contribution in [0.2, 0.25) is 0 Å². The third-order valence-corrected chi connectivity index (χ3v) is 7.01. The number of hydrogen-bond acceptors (Lipinski definition) is 10. The summed E-state index contributed by atoms with van der Waals surface area (Å²) in [5.74, 6) is -1.75. The summed E-state index contributed by atoms with van der Waals surface area (Å²) < 4.78 is 43.1. The second-order valence-corrected chi connectivity index (χ2v) is 11.1. The summed E-state index contributed by atoms with van der Waals surface area (Å²) in [6.07, 6.45) is -2.99. The van der Waals surface area contributed by atoms with Crippen LogP contribution in [0.4, 0.5) is 0 Å². The second kappa shape index (κ2) is 9.86. The lowest BCUT2D eigenvalue weighted by Crippen LogP contribution is -2.39. The largest absolute Gasteiger partial charge is 0.481 e. The van der Waals surface area contributed by atoms with E-state index in [4.69, 9.17) is 10.5 Å². The van der Waals surface area contributed by atoms with E-state index in [9.17, 15) is 33.9 Å². The first-order chi connectivity index (χ1) is 14.1. The third-order valence-electron chi connectivity index (χ3n) is 4.38. The number of aliphatic imine (C=N–C) groups is 1. The number of nitrogens with zero attached hydrogens (tertiary/aromatic N) is 2. The Morgan fingerprint density at radius 2 is 1.77 bits per heavy atom. The van der Waals surface area contributed by atoms with Crippen molar-refractivity contribution in [1.29, 1.82) is 0 Å². The summed E-state index contributed by atoms with van der Waals surface area (Å²) in [7, 11) is -4.61. The fraction of sp³-hybridized carbons (Fsp3) is 0.733. The lowest BCUT2D eigenvalue weighted by Gasteiger charge is -2.24. The van der Waals surface area contributed by atoms with Gasteiger partial charge in [-0.15, -0.1) is 0 Å². The van der Waals surface area contributed by atoms with E-state index in [1.807, 2.05) is 0 Å². The molecule has 178 valence electrons. The van der Waals surface area contributed by atoms with Crippen LogP contribution in [0.5, 0.6) is 0 Å². The molecule has 2 aliphatic rings. The van der Waals surface area contributed by atoms with E-state index < -0.39 is 58.5 Å². The van der Waals surface area contributed by atoms with Gasteiger partial charge in [-0.05, 0) is 6.08 Å². The van der Waals surface area contributed by atoms with Crippen molar-refractivity contribution in [2.24, 2.45) is 16.6 Å². The van der Waals surface area contributed by atoms with Gasteiger partial charge in [0.25, 0.3) is 5.91 Å². The van der Waals surface area contributed by atoms with Crippen LogP contribution in [0.3, 0.4) is 0 Å². The summed E-state index contributed by atoms with van der Waals surface area (Å²) >= 11 is 0. The molecular formula is C15H28N3O11P2+. The number of likely N-dealkylation sites (N-methyl/N-ethyl adjacent to an activating group) is 1. The number of aliphatic hydroxyl groups excluding tert-OH is 2. The predicted molar refractivity (Wildman–Crippen MR) is 105 cm³/mol. The standard InChI is InChI=1S/C15H27N3O11P2/c1-18(2,3)6-7-26-30(22,23)29-31(24,25)27-8-10-12(19)13(20)14(28-10)9-4-5-11(16)17-15(9)21/h4-5,9-10,12-14,19-20H,6-8H2,1-3H3,(H3-,16,17,21,22,23,24,25)/p+1/t9?,10-,12-,13-,14+/m1/s1. The summed E-state index contributed by atoms with van der Waals surface area (Å²) in [5, 5.41) is 20.3. The highest BCUT2D eigenvalue weighted by molar-refractivity contribution is 7.61. The van der Waals surface area contributed by atoms with Crippen molar-refractivity contribution in [1.82, 2.24) is 0 Å². The quantitative estimate of drug-likeness (QED) is 0.176. The minimum atomic E-state index is -5.10. The van der Waals surface area contributed by atoms with Gasteiger partial charge in [-0.1, -0.05) is 6.08 Å². The molecule has 14 nitrogen and oxygen atoms in total. The van der Waals surface area contributed by atoms with Gasteiger partial charge in [-0.25, -0.2) is 9.13 Å². The molecule has 6 N–H and O–H groups in total. The first kappa shape index (κ1) is 26.2. The van der Waals surface area contributed by atoms with Crippen molar-refractivity contribution >= 4 is 27.4 Å². The van der Waals surface area contributed by atoms with Crippen LogP contribution in [-0.2, 0) is 32.0 Å². The zero-order chi connectivity index (χ0) is 23.6. The molecule has 2 rings (SSSR count). The Bertz CT molecular complexity index is 828. The van der Waals surface area contributed by atoms with Crippen molar-refractivity contribution in [3.8, 4) is 0 Å². The van der Waals surface area contributed by atoms with Crippen LogP contribution >= 0.6 is 15.6 Å². The van der Waals surface area contributed by atoms with Crippen LogP contribution in [0.1, 0.15) is 0 Å². The van der Waals surface area contributed by atoms with Gasteiger partial charge in [-0.3, -0.25) is 13.8 Å². The molecule has 1 saturated heterocycles. The van der Waals surface area contributed by atoms with Crippen LogP contribution < -0.4 is 5.73 Å². The lowest BCUT2D eigenvalue weighted by atomic mass is 9.94. The number of ether oxygens (including phenoxy) is 1. The SMILES string of the molecule is C[N+](C)(C)CCOP(=O)(O)OP(=O)(O)OC[C@H]1O[C@@H](C2C=CC(N)=NC2=O)[C@H](O)[C@@H]1O. The molecule has 0 bridgehead atoms. The fourth-order valence-corrected chi connectivity index (χ4v) is 4.83. The second-order valence-electron chi connectivity index (χ2n) is 8.04. The molecule has 16 heteroatoms. The molecule has 0 aromatic rings. The molecule has 0 aromatic heterocycles.